The second-order valence-corrected chi connectivity index (χ2v) is 5.63. The zero-order valence-electron chi connectivity index (χ0n) is 11.5. The van der Waals surface area contributed by atoms with Gasteiger partial charge in [0.2, 0.25) is 0 Å². The van der Waals surface area contributed by atoms with Crippen molar-refractivity contribution >= 4 is 21.6 Å². The van der Waals surface area contributed by atoms with Gasteiger partial charge in [0, 0.05) is 0 Å². The molecule has 5 nitrogen and oxygen atoms in total. The van der Waals surface area contributed by atoms with Crippen LogP contribution in [0.25, 0.3) is 10.2 Å². The summed E-state index contributed by atoms with van der Waals surface area (Å²) in [7, 11) is 0. The number of benzene rings is 1. The van der Waals surface area contributed by atoms with Crippen molar-refractivity contribution in [1.82, 2.24) is 9.55 Å². The summed E-state index contributed by atoms with van der Waals surface area (Å²) in [4.78, 5) is 17.0. The van der Waals surface area contributed by atoms with Gasteiger partial charge in [-0.15, -0.1) is 11.3 Å². The number of para-hydroxylation sites is 1. The van der Waals surface area contributed by atoms with Crippen LogP contribution in [-0.4, -0.2) is 27.4 Å². The summed E-state index contributed by atoms with van der Waals surface area (Å²) in [5.74, 6) is -0.423. The standard InChI is InChI=1S/C15H13FN2O3S/c16-12-3-1-2-4-13(12)21-8-10(19)7-18-9-17-14-11(15(18)20)5-6-22-14/h1-6,9-10,19H,7-8H2. The Morgan fingerprint density at radius 1 is 1.36 bits per heavy atom. The molecule has 22 heavy (non-hydrogen) atoms. The Kier molecular flexibility index (Phi) is 4.17. The summed E-state index contributed by atoms with van der Waals surface area (Å²) < 4.78 is 19.9. The number of halogens is 1. The molecule has 7 heteroatoms. The van der Waals surface area contributed by atoms with Crippen molar-refractivity contribution in [2.75, 3.05) is 6.61 Å². The number of nitrogens with zero attached hydrogens (tertiary/aromatic N) is 2. The van der Waals surface area contributed by atoms with E-state index in [4.69, 9.17) is 4.74 Å². The first-order valence-electron chi connectivity index (χ1n) is 6.63. The minimum atomic E-state index is -0.949. The fourth-order valence-electron chi connectivity index (χ4n) is 2.05. The lowest BCUT2D eigenvalue weighted by Crippen LogP contribution is -2.30. The molecule has 1 unspecified atom stereocenters. The zero-order valence-corrected chi connectivity index (χ0v) is 12.3. The Morgan fingerprint density at radius 2 is 2.18 bits per heavy atom. The molecule has 2 aromatic heterocycles. The molecule has 3 aromatic rings. The van der Waals surface area contributed by atoms with Crippen LogP contribution in [0, 0.1) is 5.82 Å². The second kappa shape index (κ2) is 6.25. The van der Waals surface area contributed by atoms with E-state index < -0.39 is 11.9 Å². The predicted molar refractivity (Wildman–Crippen MR) is 81.8 cm³/mol. The van der Waals surface area contributed by atoms with Gasteiger partial charge in [0.25, 0.3) is 5.56 Å². The van der Waals surface area contributed by atoms with E-state index in [-0.39, 0.29) is 24.5 Å². The lowest BCUT2D eigenvalue weighted by molar-refractivity contribution is 0.0895. The molecule has 0 radical (unpaired) electrons. The van der Waals surface area contributed by atoms with E-state index in [1.807, 2.05) is 0 Å². The van der Waals surface area contributed by atoms with Crippen LogP contribution in [0.5, 0.6) is 5.75 Å². The number of aliphatic hydroxyl groups excluding tert-OH is 1. The van der Waals surface area contributed by atoms with E-state index in [1.54, 1.807) is 23.6 Å². The van der Waals surface area contributed by atoms with Crippen LogP contribution in [0.15, 0.2) is 46.8 Å². The third kappa shape index (κ3) is 3.00. The summed E-state index contributed by atoms with van der Waals surface area (Å²) in [6.07, 6.45) is 0.447. The third-order valence-corrected chi connectivity index (χ3v) is 3.95. The van der Waals surface area contributed by atoms with Gasteiger partial charge in [-0.05, 0) is 23.6 Å². The van der Waals surface area contributed by atoms with Crippen LogP contribution in [0.1, 0.15) is 0 Å². The van der Waals surface area contributed by atoms with Gasteiger partial charge in [0.15, 0.2) is 11.6 Å². The Labute approximate surface area is 129 Å². The largest absolute Gasteiger partial charge is 0.488 e. The van der Waals surface area contributed by atoms with Gasteiger partial charge < -0.3 is 9.84 Å². The fourth-order valence-corrected chi connectivity index (χ4v) is 2.77. The minimum absolute atomic E-state index is 0.0338. The van der Waals surface area contributed by atoms with Gasteiger partial charge in [0.1, 0.15) is 17.5 Å². The second-order valence-electron chi connectivity index (χ2n) is 4.74. The molecular weight excluding hydrogens is 307 g/mol. The van der Waals surface area contributed by atoms with Crippen molar-refractivity contribution in [1.29, 1.82) is 0 Å². The first-order valence-corrected chi connectivity index (χ1v) is 7.51. The molecule has 2 heterocycles. The predicted octanol–water partition coefficient (Wildman–Crippen LogP) is 2.04. The maximum absolute atomic E-state index is 13.4. The maximum Gasteiger partial charge on any atom is 0.262 e. The number of rotatable bonds is 5. The summed E-state index contributed by atoms with van der Waals surface area (Å²) in [5, 5.41) is 12.3. The van der Waals surface area contributed by atoms with Gasteiger partial charge in [-0.25, -0.2) is 9.37 Å². The van der Waals surface area contributed by atoms with Crippen LogP contribution < -0.4 is 10.3 Å². The van der Waals surface area contributed by atoms with E-state index in [0.717, 1.165) is 0 Å². The maximum atomic E-state index is 13.4. The molecule has 0 aliphatic carbocycles. The molecule has 0 aliphatic rings. The molecule has 0 fully saturated rings. The Hall–Kier alpha value is -2.25. The average molecular weight is 320 g/mol. The van der Waals surface area contributed by atoms with Crippen LogP contribution in [0.3, 0.4) is 0 Å². The Bertz CT molecular complexity index is 846. The molecule has 0 saturated heterocycles. The number of thiophene rings is 1. The van der Waals surface area contributed by atoms with Crippen molar-refractivity contribution in [3.8, 4) is 5.75 Å². The molecule has 114 valence electrons. The Morgan fingerprint density at radius 3 is 3.00 bits per heavy atom. The molecule has 3 rings (SSSR count). The van der Waals surface area contributed by atoms with Gasteiger partial charge in [0.05, 0.1) is 18.3 Å². The summed E-state index contributed by atoms with van der Waals surface area (Å²) >= 11 is 1.38. The number of fused-ring (bicyclic) bond motifs is 1. The highest BCUT2D eigenvalue weighted by Crippen LogP contribution is 2.16. The van der Waals surface area contributed by atoms with Crippen molar-refractivity contribution in [3.05, 3.63) is 58.2 Å². The molecule has 0 saturated carbocycles. The quantitative estimate of drug-likeness (QED) is 0.781. The number of aromatic nitrogens is 2. The van der Waals surface area contributed by atoms with Gasteiger partial charge >= 0.3 is 0 Å². The molecule has 1 atom stereocenters. The molecule has 0 bridgehead atoms. The monoisotopic (exact) mass is 320 g/mol. The van der Waals surface area contributed by atoms with Crippen molar-refractivity contribution in [3.63, 3.8) is 0 Å². The van der Waals surface area contributed by atoms with Gasteiger partial charge in [-0.3, -0.25) is 9.36 Å². The van der Waals surface area contributed by atoms with Gasteiger partial charge in [-0.1, -0.05) is 12.1 Å². The Balaban J connectivity index is 1.68. The smallest absolute Gasteiger partial charge is 0.262 e. The zero-order chi connectivity index (χ0) is 15.5. The summed E-state index contributed by atoms with van der Waals surface area (Å²) in [6, 6.07) is 7.66. The lowest BCUT2D eigenvalue weighted by Gasteiger charge is -2.14. The normalized spacial score (nSPS) is 12.5. The molecule has 0 spiro atoms. The van der Waals surface area contributed by atoms with Crippen molar-refractivity contribution in [2.24, 2.45) is 0 Å². The number of aliphatic hydroxyl groups is 1. The fraction of sp³-hybridized carbons (Fsp3) is 0.200. The first-order chi connectivity index (χ1) is 10.6. The van der Waals surface area contributed by atoms with Gasteiger partial charge in [-0.2, -0.15) is 0 Å². The number of hydrogen-bond donors (Lipinski definition) is 1. The SMILES string of the molecule is O=c1c2ccsc2ncn1CC(O)COc1ccccc1F. The molecule has 1 N–H and O–H groups in total. The highest BCUT2D eigenvalue weighted by atomic mass is 32.1. The third-order valence-electron chi connectivity index (χ3n) is 3.13. The highest BCUT2D eigenvalue weighted by Gasteiger charge is 2.11. The van der Waals surface area contributed by atoms with E-state index >= 15 is 0 Å². The minimum Gasteiger partial charge on any atom is -0.488 e. The number of hydrogen-bond acceptors (Lipinski definition) is 5. The molecule has 0 amide bonds. The summed E-state index contributed by atoms with van der Waals surface area (Å²) in [5.41, 5.74) is -0.212. The van der Waals surface area contributed by atoms with Crippen LogP contribution in [0.2, 0.25) is 0 Å². The summed E-state index contributed by atoms with van der Waals surface area (Å²) in [6.45, 7) is -0.0822. The molecule has 0 aliphatic heterocycles. The number of ether oxygens (including phenoxy) is 1. The van der Waals surface area contributed by atoms with Crippen molar-refractivity contribution < 1.29 is 14.2 Å². The van der Waals surface area contributed by atoms with Crippen LogP contribution in [0.4, 0.5) is 4.39 Å². The molecular formula is C15H13FN2O3S. The lowest BCUT2D eigenvalue weighted by atomic mass is 10.3. The topological polar surface area (TPSA) is 64.4 Å². The average Bonchev–Trinajstić information content (AvgIpc) is 2.99. The van der Waals surface area contributed by atoms with E-state index in [0.29, 0.717) is 10.2 Å². The van der Waals surface area contributed by atoms with E-state index in [2.05, 4.69) is 4.98 Å². The van der Waals surface area contributed by atoms with Crippen LogP contribution in [-0.2, 0) is 6.54 Å². The van der Waals surface area contributed by atoms with Crippen molar-refractivity contribution in [2.45, 2.75) is 12.6 Å². The molecule has 1 aromatic carbocycles. The first kappa shape index (κ1) is 14.7. The van der Waals surface area contributed by atoms with E-state index in [1.165, 1.54) is 34.4 Å². The highest BCUT2D eigenvalue weighted by molar-refractivity contribution is 7.16. The van der Waals surface area contributed by atoms with E-state index in [9.17, 15) is 14.3 Å². The van der Waals surface area contributed by atoms with Crippen LogP contribution >= 0.6 is 11.3 Å².